The minimum Gasteiger partial charge on any atom is -0.392 e. The first-order valence-electron chi connectivity index (χ1n) is 8.92. The van der Waals surface area contributed by atoms with Gasteiger partial charge in [0.25, 0.3) is 0 Å². The Hall–Kier alpha value is -3.18. The number of nitrogens with one attached hydrogen (secondary N) is 1. The molecule has 0 radical (unpaired) electrons. The average molecular weight is 361 g/mol. The highest BCUT2D eigenvalue weighted by atomic mass is 16.3. The highest BCUT2D eigenvalue weighted by Gasteiger charge is 2.10. The molecule has 138 valence electrons. The van der Waals surface area contributed by atoms with Gasteiger partial charge < -0.3 is 10.4 Å². The van der Waals surface area contributed by atoms with E-state index in [1.807, 2.05) is 59.4 Å². The molecule has 27 heavy (non-hydrogen) atoms. The smallest absolute Gasteiger partial charge is 0.244 e. The number of nitrogens with zero attached hydrogens (tertiary/aromatic N) is 2. The Kier molecular flexibility index (Phi) is 6.18. The Labute approximate surface area is 159 Å². The summed E-state index contributed by atoms with van der Waals surface area (Å²) in [5.41, 5.74) is 3.84. The monoisotopic (exact) mass is 361 g/mol. The Balaban J connectivity index is 1.85. The van der Waals surface area contributed by atoms with Gasteiger partial charge in [-0.1, -0.05) is 60.7 Å². The molecule has 0 fully saturated rings. The summed E-state index contributed by atoms with van der Waals surface area (Å²) in [6.45, 7) is 2.51. The van der Waals surface area contributed by atoms with E-state index in [9.17, 15) is 9.90 Å². The summed E-state index contributed by atoms with van der Waals surface area (Å²) in [6, 6.07) is 20.0. The molecule has 2 N–H and O–H groups in total. The molecule has 0 saturated heterocycles. The first kappa shape index (κ1) is 18.6. The summed E-state index contributed by atoms with van der Waals surface area (Å²) in [7, 11) is 0. The summed E-state index contributed by atoms with van der Waals surface area (Å²) in [6.07, 6.45) is 4.59. The fourth-order valence-corrected chi connectivity index (χ4v) is 2.70. The van der Waals surface area contributed by atoms with Crippen molar-refractivity contribution in [3.05, 3.63) is 84.1 Å². The zero-order valence-electron chi connectivity index (χ0n) is 15.2. The van der Waals surface area contributed by atoms with Gasteiger partial charge in [-0.25, -0.2) is 0 Å². The molecule has 5 heteroatoms. The average Bonchev–Trinajstić information content (AvgIpc) is 3.09. The van der Waals surface area contributed by atoms with E-state index >= 15 is 0 Å². The van der Waals surface area contributed by atoms with Crippen LogP contribution in [0.2, 0.25) is 0 Å². The zero-order valence-corrected chi connectivity index (χ0v) is 15.2. The van der Waals surface area contributed by atoms with Gasteiger partial charge in [-0.05, 0) is 18.6 Å². The van der Waals surface area contributed by atoms with Crippen LogP contribution in [0.25, 0.3) is 17.3 Å². The van der Waals surface area contributed by atoms with Gasteiger partial charge in [0.2, 0.25) is 5.91 Å². The van der Waals surface area contributed by atoms with Gasteiger partial charge >= 0.3 is 0 Å². The van der Waals surface area contributed by atoms with Gasteiger partial charge in [-0.2, -0.15) is 5.10 Å². The summed E-state index contributed by atoms with van der Waals surface area (Å²) < 4.78 is 1.88. The van der Waals surface area contributed by atoms with Crippen LogP contribution in [0.1, 0.15) is 18.1 Å². The van der Waals surface area contributed by atoms with Crippen LogP contribution in [0, 0.1) is 0 Å². The van der Waals surface area contributed by atoms with Crippen LogP contribution in [0.15, 0.2) is 72.9 Å². The van der Waals surface area contributed by atoms with Gasteiger partial charge in [0.05, 0.1) is 18.3 Å². The van der Waals surface area contributed by atoms with Gasteiger partial charge in [-0.15, -0.1) is 0 Å². The van der Waals surface area contributed by atoms with E-state index in [0.29, 0.717) is 6.54 Å². The third-order valence-electron chi connectivity index (χ3n) is 4.01. The van der Waals surface area contributed by atoms with E-state index in [0.717, 1.165) is 22.4 Å². The van der Waals surface area contributed by atoms with E-state index in [1.165, 1.54) is 6.08 Å². The molecule has 0 bridgehead atoms. The number of aromatic nitrogens is 2. The lowest BCUT2D eigenvalue weighted by Gasteiger charge is -2.03. The molecule has 0 aliphatic carbocycles. The molecule has 3 aromatic rings. The van der Waals surface area contributed by atoms with E-state index < -0.39 is 6.10 Å². The van der Waals surface area contributed by atoms with Crippen LogP contribution in [0.4, 0.5) is 0 Å². The second-order valence-corrected chi connectivity index (χ2v) is 6.41. The fraction of sp³-hybridized carbons (Fsp3) is 0.182. The van der Waals surface area contributed by atoms with Gasteiger partial charge in [0.1, 0.15) is 0 Å². The number of aliphatic hydroxyl groups is 1. The summed E-state index contributed by atoms with van der Waals surface area (Å²) in [4.78, 5) is 11.9. The van der Waals surface area contributed by atoms with Crippen LogP contribution in [-0.4, -0.2) is 33.4 Å². The first-order valence-corrected chi connectivity index (χ1v) is 8.92. The largest absolute Gasteiger partial charge is 0.392 e. The molecule has 0 spiro atoms. The molecule has 0 aliphatic heterocycles. The SMILES string of the molecule is CC(O)CNC(=O)/C=C/c1cn(Cc2ccccc2)nc1-c1ccccc1. The number of carbonyl (C=O) groups excluding carboxylic acids is 1. The van der Waals surface area contributed by atoms with Gasteiger partial charge in [0, 0.05) is 29.9 Å². The molecule has 0 saturated carbocycles. The summed E-state index contributed by atoms with van der Waals surface area (Å²) in [5, 5.41) is 16.6. The Morgan fingerprint density at radius 3 is 2.48 bits per heavy atom. The van der Waals surface area contributed by atoms with Crippen molar-refractivity contribution in [3.8, 4) is 11.3 Å². The second kappa shape index (κ2) is 8.96. The Morgan fingerprint density at radius 1 is 1.15 bits per heavy atom. The molecule has 0 aliphatic rings. The molecule has 1 amide bonds. The van der Waals surface area contributed by atoms with Crippen molar-refractivity contribution in [1.82, 2.24) is 15.1 Å². The molecule has 1 atom stereocenters. The lowest BCUT2D eigenvalue weighted by Crippen LogP contribution is -2.28. The second-order valence-electron chi connectivity index (χ2n) is 6.41. The Bertz CT molecular complexity index is 900. The highest BCUT2D eigenvalue weighted by Crippen LogP contribution is 2.23. The van der Waals surface area contributed by atoms with E-state index in [4.69, 9.17) is 5.10 Å². The number of rotatable bonds is 7. The quantitative estimate of drug-likeness (QED) is 0.636. The maximum Gasteiger partial charge on any atom is 0.244 e. The number of hydrogen-bond donors (Lipinski definition) is 2. The predicted molar refractivity (Wildman–Crippen MR) is 107 cm³/mol. The van der Waals surface area contributed by atoms with Gasteiger partial charge in [0.15, 0.2) is 0 Å². The molecule has 1 unspecified atom stereocenters. The van der Waals surface area contributed by atoms with Crippen LogP contribution in [-0.2, 0) is 11.3 Å². The van der Waals surface area contributed by atoms with E-state index in [2.05, 4.69) is 17.4 Å². The molecular formula is C22H23N3O2. The van der Waals surface area contributed by atoms with Crippen LogP contribution < -0.4 is 5.32 Å². The predicted octanol–water partition coefficient (Wildman–Crippen LogP) is 3.11. The maximum atomic E-state index is 11.9. The van der Waals surface area contributed by atoms with E-state index in [1.54, 1.807) is 13.0 Å². The topological polar surface area (TPSA) is 67.2 Å². The molecule has 5 nitrogen and oxygen atoms in total. The van der Waals surface area contributed by atoms with Crippen molar-refractivity contribution in [2.45, 2.75) is 19.6 Å². The van der Waals surface area contributed by atoms with Crippen molar-refractivity contribution < 1.29 is 9.90 Å². The fourth-order valence-electron chi connectivity index (χ4n) is 2.70. The summed E-state index contributed by atoms with van der Waals surface area (Å²) >= 11 is 0. The molecule has 3 rings (SSSR count). The normalized spacial score (nSPS) is 12.2. The number of carbonyl (C=O) groups is 1. The lowest BCUT2D eigenvalue weighted by atomic mass is 10.1. The number of hydrogen-bond acceptors (Lipinski definition) is 3. The molecule has 1 aromatic heterocycles. The van der Waals surface area contributed by atoms with E-state index in [-0.39, 0.29) is 12.5 Å². The maximum absolute atomic E-state index is 11.9. The highest BCUT2D eigenvalue weighted by molar-refractivity contribution is 5.92. The van der Waals surface area contributed by atoms with Crippen molar-refractivity contribution in [1.29, 1.82) is 0 Å². The lowest BCUT2D eigenvalue weighted by molar-refractivity contribution is -0.116. The van der Waals surface area contributed by atoms with Gasteiger partial charge in [-0.3, -0.25) is 9.48 Å². The van der Waals surface area contributed by atoms with Crippen LogP contribution in [0.3, 0.4) is 0 Å². The minimum atomic E-state index is -0.573. The third kappa shape index (κ3) is 5.39. The van der Waals surface area contributed by atoms with Crippen LogP contribution in [0.5, 0.6) is 0 Å². The number of amides is 1. The van der Waals surface area contributed by atoms with Crippen LogP contribution >= 0.6 is 0 Å². The van der Waals surface area contributed by atoms with Crippen molar-refractivity contribution in [2.75, 3.05) is 6.54 Å². The number of aliphatic hydroxyl groups excluding tert-OH is 1. The first-order chi connectivity index (χ1) is 13.1. The molecule has 1 heterocycles. The standard InChI is InChI=1S/C22H23N3O2/c1-17(26)14-23-21(27)13-12-20-16-25(15-18-8-4-2-5-9-18)24-22(20)19-10-6-3-7-11-19/h2-13,16-17,26H,14-15H2,1H3,(H,23,27)/b13-12+. The number of benzene rings is 2. The minimum absolute atomic E-state index is 0.224. The molecular weight excluding hydrogens is 338 g/mol. The third-order valence-corrected chi connectivity index (χ3v) is 4.01. The van der Waals surface area contributed by atoms with Crippen molar-refractivity contribution in [2.24, 2.45) is 0 Å². The summed E-state index contributed by atoms with van der Waals surface area (Å²) in [5.74, 6) is -0.245. The zero-order chi connectivity index (χ0) is 19.1. The van der Waals surface area contributed by atoms with Crippen molar-refractivity contribution in [3.63, 3.8) is 0 Å². The van der Waals surface area contributed by atoms with Crippen molar-refractivity contribution >= 4 is 12.0 Å². The molecule has 2 aromatic carbocycles. The Morgan fingerprint density at radius 2 is 1.81 bits per heavy atom.